The molecule has 7 heteroatoms. The topological polar surface area (TPSA) is 32.7 Å². The number of piperidine rings is 1. The van der Waals surface area contributed by atoms with Gasteiger partial charge in [0.25, 0.3) is 0 Å². The molecule has 1 aromatic carbocycles. The summed E-state index contributed by atoms with van der Waals surface area (Å²) in [5.74, 6) is 0.649. The van der Waals surface area contributed by atoms with Crippen LogP contribution in [0.15, 0.2) is 18.2 Å². The lowest BCUT2D eigenvalue weighted by molar-refractivity contribution is -0.272. The first kappa shape index (κ1) is 16.4. The summed E-state index contributed by atoms with van der Waals surface area (Å²) in [5, 5.41) is 10.2. The largest absolute Gasteiger partial charge is 0.496 e. The van der Waals surface area contributed by atoms with E-state index in [2.05, 4.69) is 0 Å². The number of methoxy groups -OCH3 is 1. The van der Waals surface area contributed by atoms with Gasteiger partial charge in [-0.3, -0.25) is 4.90 Å². The van der Waals surface area contributed by atoms with Crippen molar-refractivity contribution in [1.29, 1.82) is 0 Å². The molecule has 0 spiro atoms. The first-order valence-electron chi connectivity index (χ1n) is 6.59. The third kappa shape index (κ3) is 3.62. The molecule has 118 valence electrons. The summed E-state index contributed by atoms with van der Waals surface area (Å²) in [6, 6.07) is 5.17. The lowest BCUT2D eigenvalue weighted by Gasteiger charge is -2.39. The van der Waals surface area contributed by atoms with Gasteiger partial charge in [0.15, 0.2) is 5.60 Å². The molecular formula is C14H17ClF3NO2. The Balaban J connectivity index is 2.03. The van der Waals surface area contributed by atoms with Gasteiger partial charge in [0.1, 0.15) is 5.75 Å². The minimum atomic E-state index is -4.58. The summed E-state index contributed by atoms with van der Waals surface area (Å²) >= 11 is 5.93. The molecule has 1 aliphatic rings. The number of benzene rings is 1. The Morgan fingerprint density at radius 1 is 1.33 bits per heavy atom. The van der Waals surface area contributed by atoms with Crippen LogP contribution >= 0.6 is 11.6 Å². The van der Waals surface area contributed by atoms with Gasteiger partial charge in [-0.15, -0.1) is 0 Å². The van der Waals surface area contributed by atoms with Crippen molar-refractivity contribution in [2.75, 3.05) is 20.2 Å². The highest BCUT2D eigenvalue weighted by atomic mass is 35.5. The van der Waals surface area contributed by atoms with Crippen molar-refractivity contribution in [3.63, 3.8) is 0 Å². The standard InChI is InChI=1S/C14H17ClF3NO2/c1-21-12-3-2-11(15)8-10(12)9-19-6-4-13(20,5-7-19)14(16,17)18/h2-3,8,20H,4-7,9H2,1H3. The van der Waals surface area contributed by atoms with E-state index in [0.717, 1.165) is 5.56 Å². The van der Waals surface area contributed by atoms with Crippen molar-refractivity contribution in [1.82, 2.24) is 4.90 Å². The first-order chi connectivity index (χ1) is 9.75. The number of likely N-dealkylation sites (tertiary alicyclic amines) is 1. The minimum absolute atomic E-state index is 0.172. The summed E-state index contributed by atoms with van der Waals surface area (Å²) in [4.78, 5) is 1.86. The van der Waals surface area contributed by atoms with Crippen molar-refractivity contribution in [3.05, 3.63) is 28.8 Å². The van der Waals surface area contributed by atoms with E-state index < -0.39 is 11.8 Å². The summed E-state index contributed by atoms with van der Waals surface area (Å²) in [5.41, 5.74) is -1.75. The molecule has 1 aromatic rings. The second-order valence-electron chi connectivity index (χ2n) is 5.26. The molecule has 0 saturated carbocycles. The first-order valence-corrected chi connectivity index (χ1v) is 6.97. The van der Waals surface area contributed by atoms with Crippen molar-refractivity contribution in [2.24, 2.45) is 0 Å². The highest BCUT2D eigenvalue weighted by Crippen LogP contribution is 2.38. The van der Waals surface area contributed by atoms with Crippen LogP contribution in [0.25, 0.3) is 0 Å². The number of hydrogen-bond acceptors (Lipinski definition) is 3. The van der Waals surface area contributed by atoms with Gasteiger partial charge in [0.2, 0.25) is 0 Å². The Kier molecular flexibility index (Phi) is 4.70. The van der Waals surface area contributed by atoms with Gasteiger partial charge >= 0.3 is 6.18 Å². The molecule has 0 aromatic heterocycles. The molecule has 2 rings (SSSR count). The third-order valence-corrected chi connectivity index (χ3v) is 4.08. The molecule has 21 heavy (non-hydrogen) atoms. The number of rotatable bonds is 3. The number of aliphatic hydroxyl groups is 1. The van der Waals surface area contributed by atoms with E-state index in [1.54, 1.807) is 18.2 Å². The van der Waals surface area contributed by atoms with Crippen LogP contribution in [0.2, 0.25) is 5.02 Å². The highest BCUT2D eigenvalue weighted by Gasteiger charge is 2.54. The molecule has 1 N–H and O–H groups in total. The second-order valence-corrected chi connectivity index (χ2v) is 5.70. The van der Waals surface area contributed by atoms with Crippen LogP contribution in [0.5, 0.6) is 5.75 Å². The summed E-state index contributed by atoms with van der Waals surface area (Å²) in [6.07, 6.45) is -5.22. The van der Waals surface area contributed by atoms with Crippen molar-refractivity contribution in [3.8, 4) is 5.75 Å². The minimum Gasteiger partial charge on any atom is -0.496 e. The van der Waals surface area contributed by atoms with E-state index in [1.807, 2.05) is 4.90 Å². The zero-order chi connectivity index (χ0) is 15.7. The van der Waals surface area contributed by atoms with Crippen LogP contribution < -0.4 is 4.74 Å². The number of nitrogens with zero attached hydrogens (tertiary/aromatic N) is 1. The molecule has 0 aliphatic carbocycles. The van der Waals surface area contributed by atoms with Crippen LogP contribution in [0, 0.1) is 0 Å². The quantitative estimate of drug-likeness (QED) is 0.927. The maximum absolute atomic E-state index is 12.7. The van der Waals surface area contributed by atoms with Crippen molar-refractivity contribution < 1.29 is 23.0 Å². The number of hydrogen-bond donors (Lipinski definition) is 1. The Morgan fingerprint density at radius 3 is 2.48 bits per heavy atom. The summed E-state index contributed by atoms with van der Waals surface area (Å²) in [6.45, 7) is 0.787. The Labute approximate surface area is 126 Å². The van der Waals surface area contributed by atoms with E-state index >= 15 is 0 Å². The van der Waals surface area contributed by atoms with E-state index in [-0.39, 0.29) is 25.9 Å². The van der Waals surface area contributed by atoms with E-state index in [1.165, 1.54) is 7.11 Å². The SMILES string of the molecule is COc1ccc(Cl)cc1CN1CCC(O)(C(F)(F)F)CC1. The summed E-state index contributed by atoms with van der Waals surface area (Å²) < 4.78 is 43.5. The predicted molar refractivity (Wildman–Crippen MR) is 73.5 cm³/mol. The smallest absolute Gasteiger partial charge is 0.417 e. The molecule has 0 unspecified atom stereocenters. The van der Waals surface area contributed by atoms with Gasteiger partial charge in [0.05, 0.1) is 7.11 Å². The Bertz CT molecular complexity index is 499. The van der Waals surface area contributed by atoms with E-state index in [0.29, 0.717) is 17.3 Å². The van der Waals surface area contributed by atoms with Crippen LogP contribution in [-0.4, -0.2) is 42.0 Å². The molecule has 0 bridgehead atoms. The second kappa shape index (κ2) is 6.02. The van der Waals surface area contributed by atoms with Crippen molar-refractivity contribution >= 4 is 11.6 Å². The number of alkyl halides is 3. The molecule has 1 saturated heterocycles. The van der Waals surface area contributed by atoms with Gasteiger partial charge in [0, 0.05) is 30.2 Å². The number of ether oxygens (including phenoxy) is 1. The molecule has 0 atom stereocenters. The van der Waals surface area contributed by atoms with E-state index in [9.17, 15) is 18.3 Å². The predicted octanol–water partition coefficient (Wildman–Crippen LogP) is 3.24. The molecule has 1 fully saturated rings. The Hall–Kier alpha value is -0.980. The highest BCUT2D eigenvalue weighted by molar-refractivity contribution is 6.30. The van der Waals surface area contributed by atoms with Gasteiger partial charge in [-0.05, 0) is 31.0 Å². The molecule has 0 radical (unpaired) electrons. The molecule has 3 nitrogen and oxygen atoms in total. The molecule has 0 amide bonds. The average molecular weight is 324 g/mol. The summed E-state index contributed by atoms with van der Waals surface area (Å²) in [7, 11) is 1.53. The van der Waals surface area contributed by atoms with Gasteiger partial charge in [-0.1, -0.05) is 11.6 Å². The van der Waals surface area contributed by atoms with Gasteiger partial charge < -0.3 is 9.84 Å². The van der Waals surface area contributed by atoms with Crippen LogP contribution in [0.4, 0.5) is 13.2 Å². The lowest BCUT2D eigenvalue weighted by atomic mass is 9.90. The van der Waals surface area contributed by atoms with Crippen molar-refractivity contribution in [2.45, 2.75) is 31.2 Å². The van der Waals surface area contributed by atoms with Gasteiger partial charge in [-0.2, -0.15) is 13.2 Å². The maximum Gasteiger partial charge on any atom is 0.417 e. The fraction of sp³-hybridized carbons (Fsp3) is 0.571. The molecule has 1 heterocycles. The molecule has 1 aliphatic heterocycles. The fourth-order valence-electron chi connectivity index (χ4n) is 2.48. The van der Waals surface area contributed by atoms with Crippen LogP contribution in [0.3, 0.4) is 0 Å². The van der Waals surface area contributed by atoms with Gasteiger partial charge in [-0.25, -0.2) is 0 Å². The Morgan fingerprint density at radius 2 is 1.95 bits per heavy atom. The number of halogens is 4. The normalized spacial score (nSPS) is 19.5. The third-order valence-electron chi connectivity index (χ3n) is 3.85. The van der Waals surface area contributed by atoms with E-state index in [4.69, 9.17) is 16.3 Å². The average Bonchev–Trinajstić information content (AvgIpc) is 2.40. The molecular weight excluding hydrogens is 307 g/mol. The lowest BCUT2D eigenvalue weighted by Crippen LogP contribution is -2.53. The zero-order valence-corrected chi connectivity index (χ0v) is 12.3. The van der Waals surface area contributed by atoms with Crippen LogP contribution in [-0.2, 0) is 6.54 Å². The fourth-order valence-corrected chi connectivity index (χ4v) is 2.67. The monoisotopic (exact) mass is 323 g/mol. The van der Waals surface area contributed by atoms with Crippen LogP contribution in [0.1, 0.15) is 18.4 Å². The zero-order valence-electron chi connectivity index (χ0n) is 11.6. The maximum atomic E-state index is 12.7.